The van der Waals surface area contributed by atoms with E-state index in [1.54, 1.807) is 0 Å². The Bertz CT molecular complexity index is 123. The lowest BCUT2D eigenvalue weighted by Gasteiger charge is -2.07. The summed E-state index contributed by atoms with van der Waals surface area (Å²) in [5.74, 6) is 0. The molecule has 0 spiro atoms. The monoisotopic (exact) mass is 139 g/mol. The van der Waals surface area contributed by atoms with Crippen LogP contribution in [0, 0.1) is 0 Å². The van der Waals surface area contributed by atoms with Gasteiger partial charge in [-0.1, -0.05) is 32.6 Å². The molecule has 0 saturated carbocycles. The van der Waals surface area contributed by atoms with Crippen LogP contribution in [0.25, 0.3) is 0 Å². The van der Waals surface area contributed by atoms with E-state index in [1.165, 1.54) is 5.57 Å². The highest BCUT2D eigenvalue weighted by Gasteiger charge is 1.91. The first-order valence-electron chi connectivity index (χ1n) is 3.71. The van der Waals surface area contributed by atoms with E-state index in [0.29, 0.717) is 6.04 Å². The van der Waals surface area contributed by atoms with Crippen LogP contribution in [0.4, 0.5) is 0 Å². The lowest BCUT2D eigenvalue weighted by molar-refractivity contribution is 0.625. The average Bonchev–Trinajstić information content (AvgIpc) is 1.90. The van der Waals surface area contributed by atoms with Gasteiger partial charge in [0.15, 0.2) is 0 Å². The molecule has 0 atom stereocenters. The fraction of sp³-hybridized carbons (Fsp3) is 0.556. The molecule has 0 aliphatic rings. The van der Waals surface area contributed by atoms with Gasteiger partial charge < -0.3 is 5.32 Å². The maximum absolute atomic E-state index is 3.70. The molecule has 0 saturated heterocycles. The Balaban J connectivity index is 3.56. The van der Waals surface area contributed by atoms with Gasteiger partial charge in [-0.3, -0.25) is 0 Å². The van der Waals surface area contributed by atoms with Crippen LogP contribution < -0.4 is 5.32 Å². The lowest BCUT2D eigenvalue weighted by Crippen LogP contribution is -2.24. The summed E-state index contributed by atoms with van der Waals surface area (Å²) in [6, 6.07) is 0.551. The normalized spacial score (nSPS) is 12.2. The number of allylic oxidation sites excluding steroid dienone is 1. The van der Waals surface area contributed by atoms with Gasteiger partial charge in [0, 0.05) is 12.6 Å². The molecule has 10 heavy (non-hydrogen) atoms. The standard InChI is InChI=1S/C9H17N/c1-5-9(6-2)7-10-8(3)4/h5-6,8,10H,1,7H2,2-4H3/b9-6+. The second kappa shape index (κ2) is 5.24. The smallest absolute Gasteiger partial charge is 0.0204 e. The second-order valence-electron chi connectivity index (χ2n) is 2.60. The van der Waals surface area contributed by atoms with E-state index < -0.39 is 0 Å². The molecular weight excluding hydrogens is 122 g/mol. The Labute approximate surface area is 63.8 Å². The molecule has 0 aliphatic heterocycles. The summed E-state index contributed by atoms with van der Waals surface area (Å²) in [5, 5.41) is 3.31. The van der Waals surface area contributed by atoms with Gasteiger partial charge in [-0.15, -0.1) is 0 Å². The van der Waals surface area contributed by atoms with Crippen molar-refractivity contribution in [2.24, 2.45) is 0 Å². The first-order chi connectivity index (χ1) is 4.70. The van der Waals surface area contributed by atoms with E-state index in [1.807, 2.05) is 13.0 Å². The Hall–Kier alpha value is -0.560. The third kappa shape index (κ3) is 4.33. The average molecular weight is 139 g/mol. The number of hydrogen-bond donors (Lipinski definition) is 1. The van der Waals surface area contributed by atoms with Gasteiger partial charge in [-0.25, -0.2) is 0 Å². The maximum atomic E-state index is 3.70. The maximum Gasteiger partial charge on any atom is 0.0204 e. The number of hydrogen-bond acceptors (Lipinski definition) is 1. The minimum atomic E-state index is 0.551. The van der Waals surface area contributed by atoms with Crippen LogP contribution in [0.15, 0.2) is 24.3 Å². The zero-order valence-electron chi connectivity index (χ0n) is 7.15. The minimum absolute atomic E-state index is 0.551. The van der Waals surface area contributed by atoms with Crippen molar-refractivity contribution in [2.45, 2.75) is 26.8 Å². The Morgan fingerprint density at radius 3 is 2.50 bits per heavy atom. The van der Waals surface area contributed by atoms with Crippen LogP contribution in [0.5, 0.6) is 0 Å². The quantitative estimate of drug-likeness (QED) is 0.588. The van der Waals surface area contributed by atoms with Crippen molar-refractivity contribution >= 4 is 0 Å². The van der Waals surface area contributed by atoms with Gasteiger partial charge in [-0.2, -0.15) is 0 Å². The van der Waals surface area contributed by atoms with Gasteiger partial charge >= 0.3 is 0 Å². The van der Waals surface area contributed by atoms with Gasteiger partial charge in [0.2, 0.25) is 0 Å². The largest absolute Gasteiger partial charge is 0.310 e. The predicted molar refractivity (Wildman–Crippen MR) is 47.1 cm³/mol. The van der Waals surface area contributed by atoms with Gasteiger partial charge in [0.1, 0.15) is 0 Å². The molecule has 0 unspecified atom stereocenters. The molecule has 1 N–H and O–H groups in total. The predicted octanol–water partition coefficient (Wildman–Crippen LogP) is 2.12. The number of rotatable bonds is 4. The molecule has 1 heteroatoms. The highest BCUT2D eigenvalue weighted by molar-refractivity contribution is 5.16. The Morgan fingerprint density at radius 2 is 2.20 bits per heavy atom. The minimum Gasteiger partial charge on any atom is -0.310 e. The lowest BCUT2D eigenvalue weighted by atomic mass is 10.2. The first kappa shape index (κ1) is 9.44. The highest BCUT2D eigenvalue weighted by Crippen LogP contribution is 1.92. The van der Waals surface area contributed by atoms with Gasteiger partial charge in [0.05, 0.1) is 0 Å². The van der Waals surface area contributed by atoms with Crippen LogP contribution in [-0.2, 0) is 0 Å². The molecule has 0 aromatic carbocycles. The van der Waals surface area contributed by atoms with Crippen LogP contribution in [0.1, 0.15) is 20.8 Å². The van der Waals surface area contributed by atoms with E-state index in [2.05, 4.69) is 31.8 Å². The molecule has 1 nitrogen and oxygen atoms in total. The molecule has 0 aliphatic carbocycles. The molecule has 0 radical (unpaired) electrons. The summed E-state index contributed by atoms with van der Waals surface area (Å²) in [4.78, 5) is 0. The topological polar surface area (TPSA) is 12.0 Å². The van der Waals surface area contributed by atoms with Crippen LogP contribution in [0.3, 0.4) is 0 Å². The highest BCUT2D eigenvalue weighted by atomic mass is 14.9. The Kier molecular flexibility index (Phi) is 4.95. The van der Waals surface area contributed by atoms with E-state index in [-0.39, 0.29) is 0 Å². The van der Waals surface area contributed by atoms with E-state index in [0.717, 1.165) is 6.54 Å². The molecule has 0 rings (SSSR count). The van der Waals surface area contributed by atoms with Crippen LogP contribution in [0.2, 0.25) is 0 Å². The fourth-order valence-electron chi connectivity index (χ4n) is 0.614. The summed E-state index contributed by atoms with van der Waals surface area (Å²) in [5.41, 5.74) is 1.26. The van der Waals surface area contributed by atoms with Crippen molar-refractivity contribution < 1.29 is 0 Å². The fourth-order valence-corrected chi connectivity index (χ4v) is 0.614. The first-order valence-corrected chi connectivity index (χ1v) is 3.71. The zero-order chi connectivity index (χ0) is 7.98. The number of nitrogens with one attached hydrogen (secondary N) is 1. The van der Waals surface area contributed by atoms with Gasteiger partial charge in [0.25, 0.3) is 0 Å². The summed E-state index contributed by atoms with van der Waals surface area (Å²) < 4.78 is 0. The van der Waals surface area contributed by atoms with E-state index in [4.69, 9.17) is 0 Å². The van der Waals surface area contributed by atoms with E-state index in [9.17, 15) is 0 Å². The van der Waals surface area contributed by atoms with Crippen molar-refractivity contribution in [3.05, 3.63) is 24.3 Å². The Morgan fingerprint density at radius 1 is 1.60 bits per heavy atom. The molecule has 0 fully saturated rings. The molecule has 0 amide bonds. The summed E-state index contributed by atoms with van der Waals surface area (Å²) in [6.45, 7) is 10.9. The van der Waals surface area contributed by atoms with Crippen molar-refractivity contribution in [2.75, 3.05) is 6.54 Å². The third-order valence-electron chi connectivity index (χ3n) is 1.35. The molecule has 0 aromatic heterocycles. The molecular formula is C9H17N. The van der Waals surface area contributed by atoms with Crippen LogP contribution in [-0.4, -0.2) is 12.6 Å². The molecule has 58 valence electrons. The van der Waals surface area contributed by atoms with Crippen molar-refractivity contribution in [3.63, 3.8) is 0 Å². The van der Waals surface area contributed by atoms with Crippen molar-refractivity contribution in [1.82, 2.24) is 5.32 Å². The zero-order valence-corrected chi connectivity index (χ0v) is 7.15. The third-order valence-corrected chi connectivity index (χ3v) is 1.35. The van der Waals surface area contributed by atoms with E-state index >= 15 is 0 Å². The molecule has 0 heterocycles. The summed E-state index contributed by atoms with van der Waals surface area (Å²) in [6.07, 6.45) is 3.96. The SMILES string of the molecule is C=C/C(=C\C)CNC(C)C. The molecule has 0 aromatic rings. The van der Waals surface area contributed by atoms with Crippen molar-refractivity contribution in [1.29, 1.82) is 0 Å². The molecule has 0 bridgehead atoms. The van der Waals surface area contributed by atoms with Crippen LogP contribution >= 0.6 is 0 Å². The second-order valence-corrected chi connectivity index (χ2v) is 2.60. The van der Waals surface area contributed by atoms with Crippen molar-refractivity contribution in [3.8, 4) is 0 Å². The van der Waals surface area contributed by atoms with Gasteiger partial charge in [-0.05, 0) is 12.5 Å². The summed E-state index contributed by atoms with van der Waals surface area (Å²) >= 11 is 0. The summed E-state index contributed by atoms with van der Waals surface area (Å²) in [7, 11) is 0.